The van der Waals surface area contributed by atoms with Gasteiger partial charge in [-0.3, -0.25) is 14.7 Å². The number of rotatable bonds is 4. The van der Waals surface area contributed by atoms with E-state index >= 15 is 0 Å². The van der Waals surface area contributed by atoms with Gasteiger partial charge in [0.2, 0.25) is 0 Å². The topological polar surface area (TPSA) is 45.2 Å². The highest BCUT2D eigenvalue weighted by Gasteiger charge is 2.22. The van der Waals surface area contributed by atoms with Crippen molar-refractivity contribution in [1.29, 1.82) is 0 Å². The first kappa shape index (κ1) is 19.9. The molecule has 5 heteroatoms. The van der Waals surface area contributed by atoms with E-state index in [1.54, 1.807) is 0 Å². The lowest BCUT2D eigenvalue weighted by molar-refractivity contribution is 0.0908. The van der Waals surface area contributed by atoms with Gasteiger partial charge in [0, 0.05) is 36.1 Å². The predicted molar refractivity (Wildman–Crippen MR) is 118 cm³/mol. The largest absolute Gasteiger partial charge is 0.349 e. The summed E-state index contributed by atoms with van der Waals surface area (Å²) >= 11 is 5.97. The first-order valence-corrected chi connectivity index (χ1v) is 10.5. The first-order valence-electron chi connectivity index (χ1n) is 10.1. The van der Waals surface area contributed by atoms with Gasteiger partial charge < -0.3 is 5.32 Å². The van der Waals surface area contributed by atoms with Crippen LogP contribution in [0.5, 0.6) is 0 Å². The fourth-order valence-corrected chi connectivity index (χ4v) is 4.09. The van der Waals surface area contributed by atoms with Gasteiger partial charge in [-0.05, 0) is 62.6 Å². The third kappa shape index (κ3) is 4.77. The van der Waals surface area contributed by atoms with Crippen LogP contribution in [0.15, 0.2) is 48.5 Å². The summed E-state index contributed by atoms with van der Waals surface area (Å²) in [5.74, 6) is -0.0189. The zero-order chi connectivity index (χ0) is 20.4. The molecule has 1 fully saturated rings. The third-order valence-corrected chi connectivity index (χ3v) is 5.90. The Balaban J connectivity index is 1.36. The van der Waals surface area contributed by atoms with Crippen molar-refractivity contribution >= 4 is 28.4 Å². The van der Waals surface area contributed by atoms with Crippen LogP contribution >= 0.6 is 11.6 Å². The van der Waals surface area contributed by atoms with Crippen LogP contribution in [0.3, 0.4) is 0 Å². The Morgan fingerprint density at radius 1 is 1.10 bits per heavy atom. The third-order valence-electron chi connectivity index (χ3n) is 5.65. The predicted octanol–water partition coefficient (Wildman–Crippen LogP) is 4.90. The van der Waals surface area contributed by atoms with Crippen LogP contribution in [0.25, 0.3) is 10.9 Å². The van der Waals surface area contributed by atoms with Crippen molar-refractivity contribution in [2.75, 3.05) is 13.1 Å². The summed E-state index contributed by atoms with van der Waals surface area (Å²) in [6, 6.07) is 16.3. The van der Waals surface area contributed by atoms with Gasteiger partial charge in [0.05, 0.1) is 16.8 Å². The van der Waals surface area contributed by atoms with Gasteiger partial charge in [0.15, 0.2) is 0 Å². The Kier molecular flexibility index (Phi) is 5.84. The standard InChI is InChI=1S/C24H26ClN3O/c1-16-3-8-23-19(13-16)14-22(17(2)26-23)24(29)27-21-9-11-28(12-10-21)15-18-4-6-20(25)7-5-18/h3-8,13-14,21H,9-12,15H2,1-2H3,(H,27,29). The van der Waals surface area contributed by atoms with Gasteiger partial charge in [-0.1, -0.05) is 35.4 Å². The van der Waals surface area contributed by atoms with Crippen molar-refractivity contribution in [3.8, 4) is 0 Å². The molecule has 0 bridgehead atoms. The average molecular weight is 408 g/mol. The molecule has 3 aromatic rings. The fourth-order valence-electron chi connectivity index (χ4n) is 3.97. The molecule has 0 aliphatic carbocycles. The second-order valence-corrected chi connectivity index (χ2v) is 8.40. The maximum atomic E-state index is 12.9. The minimum Gasteiger partial charge on any atom is -0.349 e. The second-order valence-electron chi connectivity index (χ2n) is 7.97. The number of hydrogen-bond donors (Lipinski definition) is 1. The molecule has 1 saturated heterocycles. The number of hydrogen-bond acceptors (Lipinski definition) is 3. The number of carbonyl (C=O) groups is 1. The van der Waals surface area contributed by atoms with Crippen molar-refractivity contribution in [3.63, 3.8) is 0 Å². The number of piperidine rings is 1. The maximum absolute atomic E-state index is 12.9. The number of likely N-dealkylation sites (tertiary alicyclic amines) is 1. The molecular weight excluding hydrogens is 382 g/mol. The molecule has 1 N–H and O–H groups in total. The van der Waals surface area contributed by atoms with Crippen molar-refractivity contribution in [2.45, 2.75) is 39.3 Å². The number of nitrogens with one attached hydrogen (secondary N) is 1. The lowest BCUT2D eigenvalue weighted by Crippen LogP contribution is -2.44. The second kappa shape index (κ2) is 8.52. The highest BCUT2D eigenvalue weighted by atomic mass is 35.5. The summed E-state index contributed by atoms with van der Waals surface area (Å²) < 4.78 is 0. The summed E-state index contributed by atoms with van der Waals surface area (Å²) in [5.41, 5.74) is 4.82. The molecular formula is C24H26ClN3O. The SMILES string of the molecule is Cc1ccc2nc(C)c(C(=O)NC3CCN(Cc4ccc(Cl)cc4)CC3)cc2c1. The van der Waals surface area contributed by atoms with Gasteiger partial charge >= 0.3 is 0 Å². The van der Waals surface area contributed by atoms with E-state index in [-0.39, 0.29) is 11.9 Å². The van der Waals surface area contributed by atoms with E-state index < -0.39 is 0 Å². The van der Waals surface area contributed by atoms with Crippen LogP contribution in [-0.4, -0.2) is 34.9 Å². The molecule has 4 nitrogen and oxygen atoms in total. The Labute approximate surface area is 176 Å². The minimum absolute atomic E-state index is 0.0189. The Morgan fingerprint density at radius 2 is 1.83 bits per heavy atom. The van der Waals surface area contributed by atoms with Crippen LogP contribution in [0.4, 0.5) is 0 Å². The van der Waals surface area contributed by atoms with Crippen molar-refractivity contribution in [2.24, 2.45) is 0 Å². The molecule has 29 heavy (non-hydrogen) atoms. The van der Waals surface area contributed by atoms with Gasteiger partial charge in [0.25, 0.3) is 5.91 Å². The number of halogens is 1. The number of pyridine rings is 1. The molecule has 0 spiro atoms. The summed E-state index contributed by atoms with van der Waals surface area (Å²) in [6.07, 6.45) is 1.91. The summed E-state index contributed by atoms with van der Waals surface area (Å²) in [4.78, 5) is 19.9. The monoisotopic (exact) mass is 407 g/mol. The zero-order valence-corrected chi connectivity index (χ0v) is 17.7. The van der Waals surface area contributed by atoms with Crippen LogP contribution in [0.1, 0.15) is 40.0 Å². The Morgan fingerprint density at radius 3 is 2.55 bits per heavy atom. The van der Waals surface area contributed by atoms with E-state index in [9.17, 15) is 4.79 Å². The average Bonchev–Trinajstić information content (AvgIpc) is 2.71. The fraction of sp³-hybridized carbons (Fsp3) is 0.333. The molecule has 150 valence electrons. The molecule has 1 aromatic heterocycles. The number of aryl methyl sites for hydroxylation is 2. The van der Waals surface area contributed by atoms with E-state index in [2.05, 4.69) is 40.3 Å². The van der Waals surface area contributed by atoms with Gasteiger partial charge in [-0.2, -0.15) is 0 Å². The number of nitrogens with zero attached hydrogens (tertiary/aromatic N) is 2. The maximum Gasteiger partial charge on any atom is 0.253 e. The molecule has 1 aliphatic heterocycles. The van der Waals surface area contributed by atoms with Crippen LogP contribution in [-0.2, 0) is 6.54 Å². The first-order chi connectivity index (χ1) is 14.0. The lowest BCUT2D eigenvalue weighted by Gasteiger charge is -2.32. The van der Waals surface area contributed by atoms with Gasteiger partial charge in [0.1, 0.15) is 0 Å². The highest BCUT2D eigenvalue weighted by Crippen LogP contribution is 2.20. The smallest absolute Gasteiger partial charge is 0.253 e. The number of benzene rings is 2. The molecule has 0 radical (unpaired) electrons. The van der Waals surface area contributed by atoms with Crippen LogP contribution in [0, 0.1) is 13.8 Å². The summed E-state index contributed by atoms with van der Waals surface area (Å²) in [6.45, 7) is 6.83. The van der Waals surface area contributed by atoms with E-state index in [1.807, 2.05) is 37.3 Å². The number of fused-ring (bicyclic) bond motifs is 1. The van der Waals surface area contributed by atoms with E-state index in [1.165, 1.54) is 11.1 Å². The lowest BCUT2D eigenvalue weighted by atomic mass is 10.0. The quantitative estimate of drug-likeness (QED) is 0.669. The number of carbonyl (C=O) groups excluding carboxylic acids is 1. The number of aromatic nitrogens is 1. The summed E-state index contributed by atoms with van der Waals surface area (Å²) in [7, 11) is 0. The van der Waals surface area contributed by atoms with Crippen LogP contribution < -0.4 is 5.32 Å². The van der Waals surface area contributed by atoms with Crippen molar-refractivity contribution in [3.05, 3.63) is 75.9 Å². The Bertz CT molecular complexity index is 1020. The Hall–Kier alpha value is -2.43. The van der Waals surface area contributed by atoms with Crippen LogP contribution in [0.2, 0.25) is 5.02 Å². The van der Waals surface area contributed by atoms with Crippen molar-refractivity contribution in [1.82, 2.24) is 15.2 Å². The molecule has 2 aromatic carbocycles. The molecule has 0 atom stereocenters. The van der Waals surface area contributed by atoms with E-state index in [0.29, 0.717) is 5.56 Å². The van der Waals surface area contributed by atoms with Gasteiger partial charge in [-0.15, -0.1) is 0 Å². The molecule has 2 heterocycles. The molecule has 4 rings (SSSR count). The highest BCUT2D eigenvalue weighted by molar-refractivity contribution is 6.30. The minimum atomic E-state index is -0.0189. The molecule has 1 amide bonds. The van der Waals surface area contributed by atoms with Crippen molar-refractivity contribution < 1.29 is 4.79 Å². The molecule has 0 unspecified atom stereocenters. The molecule has 0 saturated carbocycles. The summed E-state index contributed by atoms with van der Waals surface area (Å²) in [5, 5.41) is 5.00. The molecule has 1 aliphatic rings. The number of amides is 1. The van der Waals surface area contributed by atoms with E-state index in [0.717, 1.165) is 54.1 Å². The van der Waals surface area contributed by atoms with Gasteiger partial charge in [-0.25, -0.2) is 0 Å². The zero-order valence-electron chi connectivity index (χ0n) is 16.9. The normalized spacial score (nSPS) is 15.6. The van der Waals surface area contributed by atoms with E-state index in [4.69, 9.17) is 11.6 Å².